The summed E-state index contributed by atoms with van der Waals surface area (Å²) in [4.78, 5) is 11.3. The van der Waals surface area contributed by atoms with Crippen molar-refractivity contribution in [2.75, 3.05) is 5.32 Å². The van der Waals surface area contributed by atoms with E-state index in [0.717, 1.165) is 0 Å². The van der Waals surface area contributed by atoms with Crippen LogP contribution in [0.2, 0.25) is 15.1 Å². The molecular formula is C9H9Cl3N2O. The van der Waals surface area contributed by atoms with Gasteiger partial charge in [-0.1, -0.05) is 34.8 Å². The maximum Gasteiger partial charge on any atom is 0.241 e. The zero-order chi connectivity index (χ0) is 11.6. The summed E-state index contributed by atoms with van der Waals surface area (Å²) in [6.45, 7) is 1.57. The number of nitrogens with two attached hydrogens (primary N) is 1. The highest BCUT2D eigenvalue weighted by molar-refractivity contribution is 6.44. The lowest BCUT2D eigenvalue weighted by molar-refractivity contribution is -0.117. The first kappa shape index (κ1) is 12.6. The van der Waals surface area contributed by atoms with Crippen LogP contribution in [0.15, 0.2) is 12.1 Å². The van der Waals surface area contributed by atoms with Crippen molar-refractivity contribution in [3.8, 4) is 0 Å². The number of hydrogen-bond acceptors (Lipinski definition) is 2. The van der Waals surface area contributed by atoms with Gasteiger partial charge in [-0.25, -0.2) is 0 Å². The first-order valence-corrected chi connectivity index (χ1v) is 5.26. The Morgan fingerprint density at radius 2 is 1.80 bits per heavy atom. The van der Waals surface area contributed by atoms with Crippen LogP contribution < -0.4 is 11.1 Å². The smallest absolute Gasteiger partial charge is 0.241 e. The average molecular weight is 268 g/mol. The third-order valence-corrected chi connectivity index (χ3v) is 2.72. The highest BCUT2D eigenvalue weighted by Crippen LogP contribution is 2.32. The highest BCUT2D eigenvalue weighted by atomic mass is 35.5. The topological polar surface area (TPSA) is 55.1 Å². The average Bonchev–Trinajstić information content (AvgIpc) is 2.13. The molecule has 1 rings (SSSR count). The predicted octanol–water partition coefficient (Wildman–Crippen LogP) is 2.93. The van der Waals surface area contributed by atoms with Crippen LogP contribution in [0.4, 0.5) is 5.69 Å². The summed E-state index contributed by atoms with van der Waals surface area (Å²) in [5.41, 5.74) is 5.78. The van der Waals surface area contributed by atoms with Crippen molar-refractivity contribution in [1.29, 1.82) is 0 Å². The molecule has 0 unspecified atom stereocenters. The number of benzene rings is 1. The Bertz CT molecular complexity index is 393. The minimum atomic E-state index is -0.615. The lowest BCUT2D eigenvalue weighted by atomic mass is 10.3. The molecule has 3 nitrogen and oxygen atoms in total. The Labute approximate surface area is 102 Å². The zero-order valence-electron chi connectivity index (χ0n) is 7.85. The van der Waals surface area contributed by atoms with Crippen LogP contribution in [0.3, 0.4) is 0 Å². The number of carbonyl (C=O) groups excluding carboxylic acids is 1. The second kappa shape index (κ2) is 5.03. The molecule has 0 aliphatic heterocycles. The monoisotopic (exact) mass is 266 g/mol. The summed E-state index contributed by atoms with van der Waals surface area (Å²) in [5, 5.41) is 3.51. The van der Waals surface area contributed by atoms with Crippen molar-refractivity contribution in [3.05, 3.63) is 27.2 Å². The van der Waals surface area contributed by atoms with E-state index in [9.17, 15) is 4.79 Å². The van der Waals surface area contributed by atoms with Crippen molar-refractivity contribution in [3.63, 3.8) is 0 Å². The molecule has 0 fully saturated rings. The summed E-state index contributed by atoms with van der Waals surface area (Å²) in [6.07, 6.45) is 0. The number of hydrogen-bond donors (Lipinski definition) is 2. The van der Waals surface area contributed by atoms with E-state index in [1.165, 1.54) is 12.1 Å². The van der Waals surface area contributed by atoms with E-state index in [0.29, 0.717) is 20.8 Å². The third kappa shape index (κ3) is 3.24. The van der Waals surface area contributed by atoms with E-state index in [4.69, 9.17) is 40.5 Å². The van der Waals surface area contributed by atoms with E-state index in [2.05, 4.69) is 5.32 Å². The molecule has 0 heterocycles. The van der Waals surface area contributed by atoms with Crippen molar-refractivity contribution in [2.45, 2.75) is 13.0 Å². The van der Waals surface area contributed by atoms with Crippen LogP contribution >= 0.6 is 34.8 Å². The number of anilines is 1. The van der Waals surface area contributed by atoms with Gasteiger partial charge in [0.15, 0.2) is 0 Å². The molecule has 1 amide bonds. The number of nitrogens with one attached hydrogen (secondary N) is 1. The minimum absolute atomic E-state index is 0.318. The van der Waals surface area contributed by atoms with E-state index < -0.39 is 6.04 Å². The Hall–Kier alpha value is -0.480. The van der Waals surface area contributed by atoms with Gasteiger partial charge in [0.1, 0.15) is 0 Å². The van der Waals surface area contributed by atoms with Gasteiger partial charge in [-0.2, -0.15) is 0 Å². The van der Waals surface area contributed by atoms with Crippen molar-refractivity contribution in [1.82, 2.24) is 0 Å². The van der Waals surface area contributed by atoms with Gasteiger partial charge in [0.25, 0.3) is 0 Å². The van der Waals surface area contributed by atoms with Crippen molar-refractivity contribution >= 4 is 46.4 Å². The molecule has 0 spiro atoms. The molecule has 0 radical (unpaired) electrons. The van der Waals surface area contributed by atoms with E-state index in [1.54, 1.807) is 6.92 Å². The van der Waals surface area contributed by atoms with Crippen LogP contribution in [0.25, 0.3) is 0 Å². The fourth-order valence-corrected chi connectivity index (χ4v) is 1.46. The largest absolute Gasteiger partial charge is 0.323 e. The molecule has 0 aromatic heterocycles. The summed E-state index contributed by atoms with van der Waals surface area (Å²) in [6, 6.07) is 2.32. The van der Waals surface area contributed by atoms with Gasteiger partial charge in [0.05, 0.1) is 26.8 Å². The molecule has 1 aromatic carbocycles. The number of carbonyl (C=O) groups is 1. The van der Waals surface area contributed by atoms with Crippen LogP contribution in [-0.2, 0) is 4.79 Å². The van der Waals surface area contributed by atoms with E-state index >= 15 is 0 Å². The molecule has 6 heteroatoms. The maximum absolute atomic E-state index is 11.3. The standard InChI is InChI=1S/C9H9Cl3N2O/c1-4(13)9(15)14-8-3-6(11)5(10)2-7(8)12/h2-4H,13H2,1H3,(H,14,15)/t4-/m1/s1. The van der Waals surface area contributed by atoms with Crippen LogP contribution in [-0.4, -0.2) is 11.9 Å². The number of amides is 1. The fourth-order valence-electron chi connectivity index (χ4n) is 0.865. The predicted molar refractivity (Wildman–Crippen MR) is 63.8 cm³/mol. The van der Waals surface area contributed by atoms with Gasteiger partial charge >= 0.3 is 0 Å². The second-order valence-electron chi connectivity index (χ2n) is 3.02. The number of halogens is 3. The van der Waals surface area contributed by atoms with Gasteiger partial charge in [-0.15, -0.1) is 0 Å². The first-order chi connectivity index (χ1) is 6.91. The summed E-state index contributed by atoms with van der Waals surface area (Å²) in [5.74, 6) is -0.338. The zero-order valence-corrected chi connectivity index (χ0v) is 10.1. The van der Waals surface area contributed by atoms with E-state index in [-0.39, 0.29) is 5.91 Å². The molecule has 3 N–H and O–H groups in total. The van der Waals surface area contributed by atoms with Gasteiger partial charge < -0.3 is 11.1 Å². The lowest BCUT2D eigenvalue weighted by Crippen LogP contribution is -2.32. The van der Waals surface area contributed by atoms with Crippen molar-refractivity contribution in [2.24, 2.45) is 5.73 Å². The first-order valence-electron chi connectivity index (χ1n) is 4.13. The quantitative estimate of drug-likeness (QED) is 0.810. The van der Waals surface area contributed by atoms with Gasteiger partial charge in [0, 0.05) is 0 Å². The summed E-state index contributed by atoms with van der Waals surface area (Å²) < 4.78 is 0. The van der Waals surface area contributed by atoms with Gasteiger partial charge in [-0.05, 0) is 19.1 Å². The summed E-state index contributed by atoms with van der Waals surface area (Å²) in [7, 11) is 0. The molecule has 82 valence electrons. The Morgan fingerprint density at radius 1 is 1.27 bits per heavy atom. The molecule has 1 aromatic rings. The highest BCUT2D eigenvalue weighted by Gasteiger charge is 2.11. The van der Waals surface area contributed by atoms with Gasteiger partial charge in [-0.3, -0.25) is 4.79 Å². The van der Waals surface area contributed by atoms with Gasteiger partial charge in [0.2, 0.25) is 5.91 Å². The fraction of sp³-hybridized carbons (Fsp3) is 0.222. The molecule has 0 aliphatic rings. The molecule has 0 bridgehead atoms. The Morgan fingerprint density at radius 3 is 2.33 bits per heavy atom. The normalized spacial score (nSPS) is 12.3. The van der Waals surface area contributed by atoms with Crippen LogP contribution in [0, 0.1) is 0 Å². The third-order valence-electron chi connectivity index (χ3n) is 1.68. The second-order valence-corrected chi connectivity index (χ2v) is 4.25. The SMILES string of the molecule is C[C@@H](N)C(=O)Nc1cc(Cl)c(Cl)cc1Cl. The summed E-state index contributed by atoms with van der Waals surface area (Å²) >= 11 is 17.4. The van der Waals surface area contributed by atoms with Crippen LogP contribution in [0.1, 0.15) is 6.92 Å². The Balaban J connectivity index is 2.96. The molecular weight excluding hydrogens is 258 g/mol. The van der Waals surface area contributed by atoms with E-state index in [1.807, 2.05) is 0 Å². The molecule has 0 saturated carbocycles. The molecule has 15 heavy (non-hydrogen) atoms. The molecule has 0 aliphatic carbocycles. The van der Waals surface area contributed by atoms with Crippen LogP contribution in [0.5, 0.6) is 0 Å². The Kier molecular flexibility index (Phi) is 4.22. The minimum Gasteiger partial charge on any atom is -0.323 e. The lowest BCUT2D eigenvalue weighted by Gasteiger charge is -2.10. The molecule has 0 saturated heterocycles. The number of rotatable bonds is 2. The molecule has 1 atom stereocenters. The van der Waals surface area contributed by atoms with Crippen molar-refractivity contribution < 1.29 is 4.79 Å². The maximum atomic E-state index is 11.3.